The summed E-state index contributed by atoms with van der Waals surface area (Å²) < 4.78 is 6.76. The lowest BCUT2D eigenvalue weighted by Gasteiger charge is -2.05. The van der Waals surface area contributed by atoms with Crippen molar-refractivity contribution in [1.82, 2.24) is 25.1 Å². The van der Waals surface area contributed by atoms with E-state index in [1.165, 1.54) is 16.4 Å². The topological polar surface area (TPSA) is 95.7 Å². The third kappa shape index (κ3) is 2.01. The molecule has 1 atom stereocenters. The van der Waals surface area contributed by atoms with Crippen molar-refractivity contribution in [3.8, 4) is 0 Å². The molecule has 0 aliphatic carbocycles. The zero-order valence-corrected chi connectivity index (χ0v) is 10.0. The molecule has 2 N–H and O–H groups in total. The maximum atomic E-state index is 5.74. The van der Waals surface area contributed by atoms with Gasteiger partial charge >= 0.3 is 0 Å². The number of hydrogen-bond acceptors (Lipinski definition) is 7. The predicted molar refractivity (Wildman–Crippen MR) is 58.2 cm³/mol. The molecule has 7 nitrogen and oxygen atoms in total. The fraction of sp³-hybridized carbons (Fsp3) is 0.500. The first-order valence-corrected chi connectivity index (χ1v) is 5.59. The van der Waals surface area contributed by atoms with Crippen LogP contribution < -0.4 is 5.84 Å². The minimum atomic E-state index is -0.00731. The highest BCUT2D eigenvalue weighted by Crippen LogP contribution is 2.32. The van der Waals surface area contributed by atoms with Gasteiger partial charge in [0.05, 0.1) is 5.25 Å². The molecule has 0 aliphatic heterocycles. The molecule has 16 heavy (non-hydrogen) atoms. The van der Waals surface area contributed by atoms with Gasteiger partial charge < -0.3 is 10.3 Å². The van der Waals surface area contributed by atoms with Crippen molar-refractivity contribution >= 4 is 11.8 Å². The molecule has 0 spiro atoms. The van der Waals surface area contributed by atoms with Crippen LogP contribution in [-0.2, 0) is 0 Å². The SMILES string of the molecule is Cc1nnc(C(C)Sc2nnc(C)n2N)o1. The van der Waals surface area contributed by atoms with Gasteiger partial charge in [-0.3, -0.25) is 0 Å². The van der Waals surface area contributed by atoms with Crippen LogP contribution in [0.5, 0.6) is 0 Å². The van der Waals surface area contributed by atoms with E-state index in [1.807, 2.05) is 6.92 Å². The molecular weight excluding hydrogens is 228 g/mol. The minimum absolute atomic E-state index is 0.00731. The van der Waals surface area contributed by atoms with Gasteiger partial charge in [-0.2, -0.15) is 0 Å². The minimum Gasteiger partial charge on any atom is -0.424 e. The maximum absolute atomic E-state index is 5.74. The Balaban J connectivity index is 2.13. The zero-order valence-electron chi connectivity index (χ0n) is 9.21. The summed E-state index contributed by atoms with van der Waals surface area (Å²) in [6.45, 7) is 5.49. The summed E-state index contributed by atoms with van der Waals surface area (Å²) >= 11 is 1.43. The second kappa shape index (κ2) is 4.12. The van der Waals surface area contributed by atoms with Crippen molar-refractivity contribution in [2.24, 2.45) is 0 Å². The molecule has 0 saturated heterocycles. The summed E-state index contributed by atoms with van der Waals surface area (Å²) in [6, 6.07) is 0. The van der Waals surface area contributed by atoms with Crippen molar-refractivity contribution < 1.29 is 4.42 Å². The summed E-state index contributed by atoms with van der Waals surface area (Å²) in [5, 5.41) is 16.2. The highest BCUT2D eigenvalue weighted by Gasteiger charge is 2.17. The van der Waals surface area contributed by atoms with Gasteiger partial charge in [0.1, 0.15) is 5.82 Å². The van der Waals surface area contributed by atoms with Crippen molar-refractivity contribution in [3.63, 3.8) is 0 Å². The fourth-order valence-corrected chi connectivity index (χ4v) is 1.96. The fourth-order valence-electron chi connectivity index (χ4n) is 1.11. The van der Waals surface area contributed by atoms with Crippen LogP contribution in [0.4, 0.5) is 0 Å². The molecular formula is C8H12N6OS. The Bertz CT molecular complexity index is 492. The van der Waals surface area contributed by atoms with Gasteiger partial charge in [0.15, 0.2) is 0 Å². The molecule has 0 saturated carbocycles. The molecule has 0 amide bonds. The Hall–Kier alpha value is -1.57. The van der Waals surface area contributed by atoms with E-state index in [9.17, 15) is 0 Å². The van der Waals surface area contributed by atoms with E-state index in [2.05, 4.69) is 20.4 Å². The molecule has 8 heteroatoms. The van der Waals surface area contributed by atoms with E-state index in [-0.39, 0.29) is 5.25 Å². The summed E-state index contributed by atoms with van der Waals surface area (Å²) in [4.78, 5) is 0. The molecule has 2 rings (SSSR count). The molecule has 2 aromatic rings. The standard InChI is InChI=1S/C8H12N6OS/c1-4(7-12-11-6(3)15-7)16-8-13-10-5(2)14(8)9/h4H,9H2,1-3H3. The zero-order chi connectivity index (χ0) is 11.7. The number of nitrogen functional groups attached to an aromatic ring is 1. The van der Waals surface area contributed by atoms with E-state index >= 15 is 0 Å². The van der Waals surface area contributed by atoms with Gasteiger partial charge in [0.25, 0.3) is 0 Å². The Labute approximate surface area is 96.4 Å². The highest BCUT2D eigenvalue weighted by atomic mass is 32.2. The largest absolute Gasteiger partial charge is 0.424 e. The van der Waals surface area contributed by atoms with Gasteiger partial charge in [-0.15, -0.1) is 20.4 Å². The average molecular weight is 240 g/mol. The highest BCUT2D eigenvalue weighted by molar-refractivity contribution is 7.99. The number of nitrogens with two attached hydrogens (primary N) is 1. The van der Waals surface area contributed by atoms with Crippen molar-refractivity contribution in [2.75, 3.05) is 5.84 Å². The van der Waals surface area contributed by atoms with Gasteiger partial charge in [0, 0.05) is 6.92 Å². The van der Waals surface area contributed by atoms with E-state index in [0.29, 0.717) is 22.8 Å². The molecule has 0 radical (unpaired) electrons. The molecule has 0 aliphatic rings. The second-order valence-corrected chi connectivity index (χ2v) is 4.63. The maximum Gasteiger partial charge on any atom is 0.229 e. The van der Waals surface area contributed by atoms with E-state index in [1.54, 1.807) is 13.8 Å². The second-order valence-electron chi connectivity index (χ2n) is 3.32. The molecule has 0 aromatic carbocycles. The lowest BCUT2D eigenvalue weighted by molar-refractivity contribution is 0.470. The van der Waals surface area contributed by atoms with E-state index < -0.39 is 0 Å². The smallest absolute Gasteiger partial charge is 0.229 e. The molecule has 2 aromatic heterocycles. The number of nitrogens with zero attached hydrogens (tertiary/aromatic N) is 5. The molecule has 0 bridgehead atoms. The predicted octanol–water partition coefficient (Wildman–Crippen LogP) is 0.845. The van der Waals surface area contributed by atoms with E-state index in [0.717, 1.165) is 0 Å². The Morgan fingerprint density at radius 2 is 2.00 bits per heavy atom. The molecule has 0 fully saturated rings. The van der Waals surface area contributed by atoms with Gasteiger partial charge in [-0.1, -0.05) is 11.8 Å². The average Bonchev–Trinajstić information content (AvgIpc) is 2.79. The summed E-state index contributed by atoms with van der Waals surface area (Å²) in [7, 11) is 0. The number of aromatic nitrogens is 5. The van der Waals surface area contributed by atoms with Gasteiger partial charge in [0.2, 0.25) is 16.9 Å². The van der Waals surface area contributed by atoms with E-state index in [4.69, 9.17) is 10.3 Å². The first-order chi connectivity index (χ1) is 7.58. The van der Waals surface area contributed by atoms with Crippen molar-refractivity contribution in [2.45, 2.75) is 31.2 Å². The number of rotatable bonds is 3. The van der Waals surface area contributed by atoms with Crippen LogP contribution in [0, 0.1) is 13.8 Å². The number of aryl methyl sites for hydroxylation is 2. The van der Waals surface area contributed by atoms with Crippen LogP contribution in [0.2, 0.25) is 0 Å². The monoisotopic (exact) mass is 240 g/mol. The van der Waals surface area contributed by atoms with Crippen LogP contribution in [0.3, 0.4) is 0 Å². The molecule has 1 unspecified atom stereocenters. The van der Waals surface area contributed by atoms with Crippen LogP contribution in [-0.4, -0.2) is 25.1 Å². The summed E-state index contributed by atoms with van der Waals surface area (Å²) in [5.41, 5.74) is 0. The summed E-state index contributed by atoms with van der Waals surface area (Å²) in [6.07, 6.45) is 0. The quantitative estimate of drug-likeness (QED) is 0.627. The van der Waals surface area contributed by atoms with Crippen LogP contribution in [0.1, 0.15) is 29.8 Å². The first-order valence-electron chi connectivity index (χ1n) is 4.71. The number of hydrogen-bond donors (Lipinski definition) is 1. The third-order valence-electron chi connectivity index (χ3n) is 2.01. The lowest BCUT2D eigenvalue weighted by Crippen LogP contribution is -2.11. The number of thioether (sulfide) groups is 1. The lowest BCUT2D eigenvalue weighted by atomic mass is 10.5. The Kier molecular flexibility index (Phi) is 2.82. The van der Waals surface area contributed by atoms with Crippen molar-refractivity contribution in [3.05, 3.63) is 17.6 Å². The first kappa shape index (κ1) is 10.9. The van der Waals surface area contributed by atoms with Crippen LogP contribution in [0.25, 0.3) is 0 Å². The Morgan fingerprint density at radius 3 is 2.50 bits per heavy atom. The normalized spacial score (nSPS) is 12.9. The van der Waals surface area contributed by atoms with Crippen LogP contribution >= 0.6 is 11.8 Å². The molecule has 2 heterocycles. The summed E-state index contributed by atoms with van der Waals surface area (Å²) in [5.74, 6) is 7.51. The van der Waals surface area contributed by atoms with Crippen molar-refractivity contribution in [1.29, 1.82) is 0 Å². The van der Waals surface area contributed by atoms with Gasteiger partial charge in [-0.05, 0) is 13.8 Å². The van der Waals surface area contributed by atoms with Crippen LogP contribution in [0.15, 0.2) is 9.57 Å². The third-order valence-corrected chi connectivity index (χ3v) is 3.05. The van der Waals surface area contributed by atoms with Gasteiger partial charge in [-0.25, -0.2) is 4.68 Å². The molecule has 86 valence electrons. The Morgan fingerprint density at radius 1 is 1.25 bits per heavy atom.